The number of aryl methyl sites for hydroxylation is 1. The zero-order valence-corrected chi connectivity index (χ0v) is 14.1. The van der Waals surface area contributed by atoms with Crippen molar-refractivity contribution in [3.63, 3.8) is 0 Å². The quantitative estimate of drug-likeness (QED) is 0.391. The zero-order chi connectivity index (χ0) is 18.2. The van der Waals surface area contributed by atoms with Crippen molar-refractivity contribution in [2.45, 2.75) is 6.92 Å². The molecule has 1 amide bonds. The normalized spacial score (nSPS) is 10.4. The standard InChI is InChI=1S/C18H18N2O5/c1-12-6-4-5-7-14(12)17(21)20-19-11-13-8-9-15(16(10-13)23-2)25-18(22)24-3/h4-11H,1-3H3,(H,20,21)/b19-11-. The van der Waals surface area contributed by atoms with Crippen LogP contribution in [0, 0.1) is 6.92 Å². The van der Waals surface area contributed by atoms with E-state index in [1.807, 2.05) is 19.1 Å². The van der Waals surface area contributed by atoms with Gasteiger partial charge in [-0.1, -0.05) is 18.2 Å². The van der Waals surface area contributed by atoms with E-state index < -0.39 is 6.16 Å². The first-order chi connectivity index (χ1) is 12.0. The molecule has 0 heterocycles. The fourth-order valence-electron chi connectivity index (χ4n) is 2.03. The number of carbonyl (C=O) groups excluding carboxylic acids is 2. The molecule has 0 unspecified atom stereocenters. The number of rotatable bonds is 5. The lowest BCUT2D eigenvalue weighted by Gasteiger charge is -2.08. The smallest absolute Gasteiger partial charge is 0.493 e. The van der Waals surface area contributed by atoms with Gasteiger partial charge in [0.05, 0.1) is 20.4 Å². The molecule has 0 atom stereocenters. The van der Waals surface area contributed by atoms with Crippen LogP contribution in [0.4, 0.5) is 4.79 Å². The molecule has 7 heteroatoms. The molecule has 0 radical (unpaired) electrons. The van der Waals surface area contributed by atoms with Gasteiger partial charge in [-0.05, 0) is 42.3 Å². The van der Waals surface area contributed by atoms with Crippen LogP contribution in [0.1, 0.15) is 21.5 Å². The van der Waals surface area contributed by atoms with Crippen LogP contribution < -0.4 is 14.9 Å². The SMILES string of the molecule is COC(=O)Oc1ccc(/C=N\NC(=O)c2ccccc2C)cc1OC. The molecule has 0 aliphatic carbocycles. The van der Waals surface area contributed by atoms with Crippen LogP contribution in [0.2, 0.25) is 0 Å². The van der Waals surface area contributed by atoms with Crippen LogP contribution in [-0.4, -0.2) is 32.5 Å². The number of benzene rings is 2. The van der Waals surface area contributed by atoms with Gasteiger partial charge < -0.3 is 14.2 Å². The van der Waals surface area contributed by atoms with E-state index >= 15 is 0 Å². The Labute approximate surface area is 145 Å². The highest BCUT2D eigenvalue weighted by molar-refractivity contribution is 5.96. The van der Waals surface area contributed by atoms with E-state index in [4.69, 9.17) is 9.47 Å². The van der Waals surface area contributed by atoms with Crippen molar-refractivity contribution in [2.24, 2.45) is 5.10 Å². The van der Waals surface area contributed by atoms with E-state index in [2.05, 4.69) is 15.3 Å². The van der Waals surface area contributed by atoms with Crippen molar-refractivity contribution < 1.29 is 23.8 Å². The summed E-state index contributed by atoms with van der Waals surface area (Å²) in [5.41, 5.74) is 4.53. The van der Waals surface area contributed by atoms with Crippen LogP contribution >= 0.6 is 0 Å². The van der Waals surface area contributed by atoms with Crippen molar-refractivity contribution >= 4 is 18.3 Å². The van der Waals surface area contributed by atoms with Gasteiger partial charge in [0.1, 0.15) is 0 Å². The predicted octanol–water partition coefficient (Wildman–Crippen LogP) is 2.91. The van der Waals surface area contributed by atoms with Gasteiger partial charge >= 0.3 is 6.16 Å². The van der Waals surface area contributed by atoms with E-state index in [0.717, 1.165) is 5.56 Å². The minimum atomic E-state index is -0.842. The van der Waals surface area contributed by atoms with Crippen molar-refractivity contribution in [2.75, 3.05) is 14.2 Å². The number of amides is 1. The summed E-state index contributed by atoms with van der Waals surface area (Å²) in [6.07, 6.45) is 0.617. The topological polar surface area (TPSA) is 86.2 Å². The van der Waals surface area contributed by atoms with Gasteiger partial charge in [0.2, 0.25) is 0 Å². The fraction of sp³-hybridized carbons (Fsp3) is 0.167. The fourth-order valence-corrected chi connectivity index (χ4v) is 2.03. The maximum atomic E-state index is 12.1. The maximum absolute atomic E-state index is 12.1. The maximum Gasteiger partial charge on any atom is 0.513 e. The first kappa shape index (κ1) is 18.0. The Balaban J connectivity index is 2.07. The highest BCUT2D eigenvalue weighted by Crippen LogP contribution is 2.27. The molecule has 0 saturated heterocycles. The van der Waals surface area contributed by atoms with Crippen LogP contribution in [-0.2, 0) is 4.74 Å². The van der Waals surface area contributed by atoms with Crippen LogP contribution in [0.25, 0.3) is 0 Å². The number of hydrogen-bond acceptors (Lipinski definition) is 6. The number of nitrogens with zero attached hydrogens (tertiary/aromatic N) is 1. The largest absolute Gasteiger partial charge is 0.513 e. The lowest BCUT2D eigenvalue weighted by atomic mass is 10.1. The van der Waals surface area contributed by atoms with Gasteiger partial charge in [-0.2, -0.15) is 5.10 Å². The van der Waals surface area contributed by atoms with E-state index in [9.17, 15) is 9.59 Å². The summed E-state index contributed by atoms with van der Waals surface area (Å²) in [5, 5.41) is 3.93. The molecule has 1 N–H and O–H groups in total. The summed E-state index contributed by atoms with van der Waals surface area (Å²) in [4.78, 5) is 23.2. The third kappa shape index (κ3) is 4.81. The Bertz CT molecular complexity index is 802. The zero-order valence-electron chi connectivity index (χ0n) is 14.1. The monoisotopic (exact) mass is 342 g/mol. The van der Waals surface area contributed by atoms with Crippen LogP contribution in [0.5, 0.6) is 11.5 Å². The van der Waals surface area contributed by atoms with Gasteiger partial charge in [0.15, 0.2) is 11.5 Å². The number of ether oxygens (including phenoxy) is 3. The Kier molecular flexibility index (Phi) is 6.11. The van der Waals surface area contributed by atoms with Gasteiger partial charge in [0.25, 0.3) is 5.91 Å². The van der Waals surface area contributed by atoms with Crippen LogP contribution in [0.15, 0.2) is 47.6 Å². The van der Waals surface area contributed by atoms with Gasteiger partial charge in [-0.3, -0.25) is 4.79 Å². The summed E-state index contributed by atoms with van der Waals surface area (Å²) in [6, 6.07) is 12.0. The predicted molar refractivity (Wildman–Crippen MR) is 92.3 cm³/mol. The average molecular weight is 342 g/mol. The second kappa shape index (κ2) is 8.49. The van der Waals surface area contributed by atoms with Crippen molar-refractivity contribution in [3.8, 4) is 11.5 Å². The summed E-state index contributed by atoms with van der Waals surface area (Å²) in [6.45, 7) is 1.85. The van der Waals surface area contributed by atoms with Crippen molar-refractivity contribution in [1.82, 2.24) is 5.43 Å². The molecular formula is C18H18N2O5. The summed E-state index contributed by atoms with van der Waals surface area (Å²) < 4.78 is 14.6. The lowest BCUT2D eigenvalue weighted by Crippen LogP contribution is -2.18. The Hall–Kier alpha value is -3.35. The number of nitrogens with one attached hydrogen (secondary N) is 1. The molecule has 7 nitrogen and oxygen atoms in total. The van der Waals surface area contributed by atoms with Crippen molar-refractivity contribution in [1.29, 1.82) is 0 Å². The third-order valence-corrected chi connectivity index (χ3v) is 3.32. The Morgan fingerprint density at radius 3 is 2.52 bits per heavy atom. The molecule has 0 fully saturated rings. The molecule has 0 spiro atoms. The molecule has 2 rings (SSSR count). The molecule has 0 aliphatic heterocycles. The van der Waals surface area contributed by atoms with Gasteiger partial charge in [-0.25, -0.2) is 10.2 Å². The van der Waals surface area contributed by atoms with E-state index in [-0.39, 0.29) is 11.7 Å². The van der Waals surface area contributed by atoms with E-state index in [1.54, 1.807) is 30.3 Å². The number of hydrazone groups is 1. The minimum absolute atomic E-state index is 0.218. The highest BCUT2D eigenvalue weighted by atomic mass is 16.7. The molecule has 130 valence electrons. The highest BCUT2D eigenvalue weighted by Gasteiger charge is 2.10. The Morgan fingerprint density at radius 2 is 1.84 bits per heavy atom. The number of hydrogen-bond donors (Lipinski definition) is 1. The molecule has 2 aromatic rings. The van der Waals surface area contributed by atoms with E-state index in [0.29, 0.717) is 16.9 Å². The molecule has 0 aliphatic rings. The second-order valence-corrected chi connectivity index (χ2v) is 4.98. The third-order valence-electron chi connectivity index (χ3n) is 3.32. The molecule has 0 aromatic heterocycles. The molecule has 0 saturated carbocycles. The first-order valence-corrected chi connectivity index (χ1v) is 7.38. The van der Waals surface area contributed by atoms with Gasteiger partial charge in [-0.15, -0.1) is 0 Å². The molecule has 0 bridgehead atoms. The Morgan fingerprint density at radius 1 is 1.08 bits per heavy atom. The summed E-state index contributed by atoms with van der Waals surface area (Å²) >= 11 is 0. The average Bonchev–Trinajstić information content (AvgIpc) is 2.62. The second-order valence-electron chi connectivity index (χ2n) is 4.98. The number of methoxy groups -OCH3 is 2. The first-order valence-electron chi connectivity index (χ1n) is 7.38. The van der Waals surface area contributed by atoms with Gasteiger partial charge in [0, 0.05) is 5.56 Å². The summed E-state index contributed by atoms with van der Waals surface area (Å²) in [7, 11) is 2.66. The van der Waals surface area contributed by atoms with Crippen LogP contribution in [0.3, 0.4) is 0 Å². The number of carbonyl (C=O) groups is 2. The summed E-state index contributed by atoms with van der Waals surface area (Å²) in [5.74, 6) is 0.252. The molecular weight excluding hydrogens is 324 g/mol. The van der Waals surface area contributed by atoms with E-state index in [1.165, 1.54) is 20.4 Å². The minimum Gasteiger partial charge on any atom is -0.493 e. The lowest BCUT2D eigenvalue weighted by molar-refractivity contribution is 0.0954. The van der Waals surface area contributed by atoms with Crippen molar-refractivity contribution in [3.05, 3.63) is 59.2 Å². The molecule has 25 heavy (non-hydrogen) atoms. The molecule has 2 aromatic carbocycles.